The van der Waals surface area contributed by atoms with Crippen LogP contribution < -0.4 is 4.90 Å². The summed E-state index contributed by atoms with van der Waals surface area (Å²) in [5, 5.41) is 8.92. The molecule has 0 aromatic heterocycles. The van der Waals surface area contributed by atoms with Crippen molar-refractivity contribution in [2.75, 3.05) is 11.4 Å². The topological polar surface area (TPSA) is 27.0 Å². The molecule has 1 aliphatic rings. The van der Waals surface area contributed by atoms with E-state index in [0.717, 1.165) is 6.54 Å². The second-order valence-corrected chi connectivity index (χ2v) is 6.38. The van der Waals surface area contributed by atoms with Gasteiger partial charge in [-0.2, -0.15) is 5.26 Å². The molecule has 19 heavy (non-hydrogen) atoms. The number of rotatable bonds is 1. The van der Waals surface area contributed by atoms with Gasteiger partial charge in [-0.25, -0.2) is 4.39 Å². The first-order valence-electron chi connectivity index (χ1n) is 6.60. The highest BCUT2D eigenvalue weighted by molar-refractivity contribution is 9.10. The van der Waals surface area contributed by atoms with Crippen LogP contribution in [-0.4, -0.2) is 12.6 Å². The first kappa shape index (κ1) is 14.3. The molecule has 0 bridgehead atoms. The molecule has 1 fully saturated rings. The molecule has 3 atom stereocenters. The van der Waals surface area contributed by atoms with Crippen LogP contribution in [0.15, 0.2) is 16.6 Å². The van der Waals surface area contributed by atoms with Gasteiger partial charge in [0.1, 0.15) is 6.07 Å². The lowest BCUT2D eigenvalue weighted by atomic mass is 9.85. The average Bonchev–Trinajstić information content (AvgIpc) is 2.37. The number of nitrogens with zero attached hydrogens (tertiary/aromatic N) is 2. The van der Waals surface area contributed by atoms with Crippen LogP contribution in [0.4, 0.5) is 10.1 Å². The first-order chi connectivity index (χ1) is 8.95. The number of benzene rings is 1. The summed E-state index contributed by atoms with van der Waals surface area (Å²) in [5.41, 5.74) is 0.934. The molecule has 2 nitrogen and oxygen atoms in total. The molecule has 0 amide bonds. The van der Waals surface area contributed by atoms with E-state index in [9.17, 15) is 4.39 Å². The summed E-state index contributed by atoms with van der Waals surface area (Å²) < 4.78 is 14.7. The zero-order valence-corrected chi connectivity index (χ0v) is 13.0. The Kier molecular flexibility index (Phi) is 4.15. The molecule has 0 N–H and O–H groups in total. The lowest BCUT2D eigenvalue weighted by Crippen LogP contribution is -2.46. The van der Waals surface area contributed by atoms with Gasteiger partial charge in [-0.15, -0.1) is 0 Å². The molecule has 4 heteroatoms. The molecule has 1 aromatic carbocycles. The van der Waals surface area contributed by atoms with Crippen molar-refractivity contribution >= 4 is 21.6 Å². The van der Waals surface area contributed by atoms with Gasteiger partial charge in [0.2, 0.25) is 0 Å². The number of piperidine rings is 1. The van der Waals surface area contributed by atoms with Crippen LogP contribution in [0.2, 0.25) is 0 Å². The minimum absolute atomic E-state index is 0.269. The maximum absolute atomic E-state index is 14.4. The minimum atomic E-state index is -0.327. The van der Waals surface area contributed by atoms with Crippen LogP contribution in [0.5, 0.6) is 0 Å². The van der Waals surface area contributed by atoms with Gasteiger partial charge in [-0.05, 0) is 53.2 Å². The Labute approximate surface area is 122 Å². The maximum Gasteiger partial charge on any atom is 0.161 e. The molecule has 102 valence electrons. The van der Waals surface area contributed by atoms with E-state index in [1.807, 2.05) is 6.07 Å². The van der Waals surface area contributed by atoms with Crippen molar-refractivity contribution in [3.63, 3.8) is 0 Å². The molecule has 0 spiro atoms. The predicted molar refractivity (Wildman–Crippen MR) is 78.6 cm³/mol. The number of hydrogen-bond donors (Lipinski definition) is 0. The summed E-state index contributed by atoms with van der Waals surface area (Å²) in [4.78, 5) is 2.13. The molecule has 2 rings (SSSR count). The van der Waals surface area contributed by atoms with Gasteiger partial charge in [0.25, 0.3) is 0 Å². The molecule has 1 saturated heterocycles. The van der Waals surface area contributed by atoms with Crippen LogP contribution in [0.25, 0.3) is 0 Å². The Morgan fingerprint density at radius 3 is 2.68 bits per heavy atom. The highest BCUT2D eigenvalue weighted by Crippen LogP contribution is 2.35. The van der Waals surface area contributed by atoms with E-state index >= 15 is 0 Å². The van der Waals surface area contributed by atoms with E-state index in [4.69, 9.17) is 5.26 Å². The number of nitriles is 1. The van der Waals surface area contributed by atoms with Crippen molar-refractivity contribution in [1.82, 2.24) is 0 Å². The highest BCUT2D eigenvalue weighted by atomic mass is 79.9. The van der Waals surface area contributed by atoms with Crippen molar-refractivity contribution in [3.8, 4) is 6.07 Å². The molecule has 0 aliphatic carbocycles. The Morgan fingerprint density at radius 2 is 2.05 bits per heavy atom. The number of anilines is 1. The standard InChI is InChI=1S/C15H18BrFN2/c1-9-6-10(2)11(3)19(8-9)13-5-4-12(7-18)14(16)15(13)17/h4-5,9-11H,6,8H2,1-3H3. The van der Waals surface area contributed by atoms with Gasteiger partial charge in [-0.3, -0.25) is 0 Å². The SMILES string of the molecule is CC1CC(C)C(C)N(c2ccc(C#N)c(Br)c2F)C1. The molecular weight excluding hydrogens is 307 g/mol. The Bertz CT molecular complexity index is 524. The van der Waals surface area contributed by atoms with Gasteiger partial charge < -0.3 is 4.90 Å². The van der Waals surface area contributed by atoms with Gasteiger partial charge >= 0.3 is 0 Å². The molecule has 1 heterocycles. The fourth-order valence-electron chi connectivity index (χ4n) is 2.88. The summed E-state index contributed by atoms with van der Waals surface area (Å²) in [7, 11) is 0. The van der Waals surface area contributed by atoms with Crippen molar-refractivity contribution in [2.24, 2.45) is 11.8 Å². The van der Waals surface area contributed by atoms with E-state index in [1.54, 1.807) is 12.1 Å². The monoisotopic (exact) mass is 324 g/mol. The summed E-state index contributed by atoms with van der Waals surface area (Å²) in [6.07, 6.45) is 1.18. The van der Waals surface area contributed by atoms with Crippen LogP contribution >= 0.6 is 15.9 Å². The Morgan fingerprint density at radius 1 is 1.37 bits per heavy atom. The lowest BCUT2D eigenvalue weighted by Gasteiger charge is -2.42. The molecule has 0 radical (unpaired) electrons. The molecular formula is C15H18BrFN2. The largest absolute Gasteiger partial charge is 0.366 e. The van der Waals surface area contributed by atoms with Crippen molar-refractivity contribution in [2.45, 2.75) is 33.2 Å². The number of halogens is 2. The van der Waals surface area contributed by atoms with Crippen LogP contribution in [-0.2, 0) is 0 Å². The van der Waals surface area contributed by atoms with Gasteiger partial charge in [-0.1, -0.05) is 13.8 Å². The zero-order valence-electron chi connectivity index (χ0n) is 11.5. The summed E-state index contributed by atoms with van der Waals surface area (Å²) in [6.45, 7) is 7.42. The third kappa shape index (κ3) is 2.62. The molecule has 0 saturated carbocycles. The fourth-order valence-corrected chi connectivity index (χ4v) is 3.30. The highest BCUT2D eigenvalue weighted by Gasteiger charge is 2.31. The van der Waals surface area contributed by atoms with Crippen LogP contribution in [0.3, 0.4) is 0 Å². The van der Waals surface area contributed by atoms with Gasteiger partial charge in [0.05, 0.1) is 15.7 Å². The smallest absolute Gasteiger partial charge is 0.161 e. The number of hydrogen-bond acceptors (Lipinski definition) is 2. The average molecular weight is 325 g/mol. The van der Waals surface area contributed by atoms with Crippen molar-refractivity contribution in [3.05, 3.63) is 28.0 Å². The van der Waals surface area contributed by atoms with E-state index in [1.165, 1.54) is 6.42 Å². The third-order valence-electron chi connectivity index (χ3n) is 4.09. The van der Waals surface area contributed by atoms with E-state index < -0.39 is 0 Å². The van der Waals surface area contributed by atoms with Crippen LogP contribution in [0, 0.1) is 29.0 Å². The maximum atomic E-state index is 14.4. The second kappa shape index (κ2) is 5.50. The molecule has 1 aliphatic heterocycles. The van der Waals surface area contributed by atoms with Crippen molar-refractivity contribution in [1.29, 1.82) is 5.26 Å². The van der Waals surface area contributed by atoms with E-state index in [0.29, 0.717) is 29.1 Å². The minimum Gasteiger partial charge on any atom is -0.366 e. The van der Waals surface area contributed by atoms with Gasteiger partial charge in [0, 0.05) is 12.6 Å². The zero-order chi connectivity index (χ0) is 14.2. The fraction of sp³-hybridized carbons (Fsp3) is 0.533. The van der Waals surface area contributed by atoms with E-state index in [-0.39, 0.29) is 10.3 Å². The van der Waals surface area contributed by atoms with Crippen molar-refractivity contribution < 1.29 is 4.39 Å². The van der Waals surface area contributed by atoms with Gasteiger partial charge in [0.15, 0.2) is 5.82 Å². The first-order valence-corrected chi connectivity index (χ1v) is 7.39. The Hall–Kier alpha value is -1.08. The summed E-state index contributed by atoms with van der Waals surface area (Å²) in [6, 6.07) is 5.70. The molecule has 3 unspecified atom stereocenters. The normalized spacial score (nSPS) is 27.2. The quantitative estimate of drug-likeness (QED) is 0.768. The molecule has 1 aromatic rings. The second-order valence-electron chi connectivity index (χ2n) is 5.58. The predicted octanol–water partition coefficient (Wildman–Crippen LogP) is 4.33. The van der Waals surface area contributed by atoms with E-state index in [2.05, 4.69) is 41.6 Å². The van der Waals surface area contributed by atoms with Crippen LogP contribution in [0.1, 0.15) is 32.8 Å². The third-order valence-corrected chi connectivity index (χ3v) is 4.86. The Balaban J connectivity index is 2.41. The lowest BCUT2D eigenvalue weighted by molar-refractivity contribution is 0.295. The summed E-state index contributed by atoms with van der Waals surface area (Å²) in [5.74, 6) is 0.768. The summed E-state index contributed by atoms with van der Waals surface area (Å²) >= 11 is 3.18.